The number of nitrogens with zero attached hydrogens (tertiary/aromatic N) is 1. The molecule has 1 saturated heterocycles. The number of aliphatic hydroxyl groups is 1. The van der Waals surface area contributed by atoms with Gasteiger partial charge in [-0.3, -0.25) is 0 Å². The van der Waals surface area contributed by atoms with Gasteiger partial charge in [0.2, 0.25) is 0 Å². The van der Waals surface area contributed by atoms with Gasteiger partial charge in [-0.25, -0.2) is 0 Å². The predicted octanol–water partition coefficient (Wildman–Crippen LogP) is 3.12. The predicted molar refractivity (Wildman–Crippen MR) is 80.5 cm³/mol. The highest BCUT2D eigenvalue weighted by atomic mass is 16.3. The lowest BCUT2D eigenvalue weighted by atomic mass is 9.81. The minimum Gasteiger partial charge on any atom is -0.393 e. The van der Waals surface area contributed by atoms with Crippen molar-refractivity contribution < 1.29 is 5.11 Å². The maximum atomic E-state index is 9.53. The number of likely N-dealkylation sites (tertiary alicyclic amines) is 1. The van der Waals surface area contributed by atoms with E-state index >= 15 is 0 Å². The summed E-state index contributed by atoms with van der Waals surface area (Å²) in [6.45, 7) is 10.0. The summed E-state index contributed by atoms with van der Waals surface area (Å²) in [5.41, 5.74) is 2.98. The van der Waals surface area contributed by atoms with Gasteiger partial charge in [0.05, 0.1) is 6.10 Å². The summed E-state index contributed by atoms with van der Waals surface area (Å²) < 4.78 is 0. The van der Waals surface area contributed by atoms with Crippen molar-refractivity contribution in [1.82, 2.24) is 4.90 Å². The second-order valence-corrected chi connectivity index (χ2v) is 6.57. The van der Waals surface area contributed by atoms with Gasteiger partial charge in [-0.15, -0.1) is 0 Å². The molecular weight excluding hydrogens is 234 g/mol. The smallest absolute Gasteiger partial charge is 0.0564 e. The number of piperidine rings is 1. The molecule has 1 aliphatic rings. The van der Waals surface area contributed by atoms with Crippen LogP contribution in [0.2, 0.25) is 0 Å². The van der Waals surface area contributed by atoms with Gasteiger partial charge >= 0.3 is 0 Å². The van der Waals surface area contributed by atoms with Crippen LogP contribution in [0.1, 0.15) is 44.2 Å². The molecule has 0 radical (unpaired) electrons. The molecule has 2 nitrogen and oxygen atoms in total. The first-order valence-electron chi connectivity index (χ1n) is 7.45. The summed E-state index contributed by atoms with van der Waals surface area (Å²) >= 11 is 0. The zero-order valence-corrected chi connectivity index (χ0v) is 12.5. The van der Waals surface area contributed by atoms with Crippen LogP contribution in [-0.4, -0.2) is 35.7 Å². The van der Waals surface area contributed by atoms with E-state index in [-0.39, 0.29) is 11.5 Å². The Labute approximate surface area is 117 Å². The first-order valence-corrected chi connectivity index (χ1v) is 7.45. The van der Waals surface area contributed by atoms with Crippen molar-refractivity contribution in [2.75, 3.05) is 19.6 Å². The van der Waals surface area contributed by atoms with E-state index in [2.05, 4.69) is 49.9 Å². The van der Waals surface area contributed by atoms with E-state index in [1.807, 2.05) is 0 Å². The summed E-state index contributed by atoms with van der Waals surface area (Å²) in [4.78, 5) is 2.49. The van der Waals surface area contributed by atoms with Gasteiger partial charge < -0.3 is 10.0 Å². The van der Waals surface area contributed by atoms with Crippen molar-refractivity contribution in [3.8, 4) is 0 Å². The zero-order valence-electron chi connectivity index (χ0n) is 12.5. The standard InChI is InChI=1S/C17H27NO/c1-14-4-6-15(7-5-14)17(2,3)10-13-18-11-8-16(19)9-12-18/h4-7,16,19H,8-13H2,1-3H3. The van der Waals surface area contributed by atoms with Gasteiger partial charge in [-0.2, -0.15) is 0 Å². The molecule has 1 aromatic carbocycles. The topological polar surface area (TPSA) is 23.5 Å². The van der Waals surface area contributed by atoms with Crippen molar-refractivity contribution in [2.24, 2.45) is 0 Å². The average molecular weight is 261 g/mol. The molecule has 2 rings (SSSR count). The van der Waals surface area contributed by atoms with Crippen molar-refractivity contribution >= 4 is 0 Å². The summed E-state index contributed by atoms with van der Waals surface area (Å²) in [5.74, 6) is 0. The number of aliphatic hydroxyl groups excluding tert-OH is 1. The molecule has 0 aromatic heterocycles. The van der Waals surface area contributed by atoms with Gasteiger partial charge in [-0.05, 0) is 43.7 Å². The molecule has 1 aromatic rings. The van der Waals surface area contributed by atoms with E-state index in [0.29, 0.717) is 0 Å². The van der Waals surface area contributed by atoms with Gasteiger partial charge in [0.1, 0.15) is 0 Å². The highest BCUT2D eigenvalue weighted by Gasteiger charge is 2.23. The number of hydrogen-bond donors (Lipinski definition) is 1. The molecule has 0 atom stereocenters. The van der Waals surface area contributed by atoms with E-state index in [0.717, 1.165) is 32.5 Å². The Morgan fingerprint density at radius 3 is 2.32 bits per heavy atom. The van der Waals surface area contributed by atoms with Crippen LogP contribution >= 0.6 is 0 Å². The minimum atomic E-state index is -0.0682. The van der Waals surface area contributed by atoms with Crippen molar-refractivity contribution in [1.29, 1.82) is 0 Å². The Kier molecular flexibility index (Phi) is 4.64. The van der Waals surface area contributed by atoms with Gasteiger partial charge in [-0.1, -0.05) is 43.7 Å². The maximum absolute atomic E-state index is 9.53. The summed E-state index contributed by atoms with van der Waals surface area (Å²) in [5, 5.41) is 9.53. The third kappa shape index (κ3) is 4.05. The minimum absolute atomic E-state index is 0.0682. The Bertz CT molecular complexity index is 388. The van der Waals surface area contributed by atoms with E-state index < -0.39 is 0 Å². The lowest BCUT2D eigenvalue weighted by Crippen LogP contribution is -2.38. The van der Waals surface area contributed by atoms with E-state index in [9.17, 15) is 5.11 Å². The molecule has 0 saturated carbocycles. The fourth-order valence-electron chi connectivity index (χ4n) is 2.73. The molecule has 0 aliphatic carbocycles. The maximum Gasteiger partial charge on any atom is 0.0564 e. The molecule has 2 heteroatoms. The number of rotatable bonds is 4. The summed E-state index contributed by atoms with van der Waals surface area (Å²) in [7, 11) is 0. The number of hydrogen-bond acceptors (Lipinski definition) is 2. The Morgan fingerprint density at radius 2 is 1.74 bits per heavy atom. The number of aryl methyl sites for hydroxylation is 1. The first-order chi connectivity index (χ1) is 8.97. The van der Waals surface area contributed by atoms with E-state index in [4.69, 9.17) is 0 Å². The Balaban J connectivity index is 1.88. The fourth-order valence-corrected chi connectivity index (χ4v) is 2.73. The van der Waals surface area contributed by atoms with Crippen molar-refractivity contribution in [3.63, 3.8) is 0 Å². The van der Waals surface area contributed by atoms with Crippen molar-refractivity contribution in [3.05, 3.63) is 35.4 Å². The highest BCUT2D eigenvalue weighted by Crippen LogP contribution is 2.28. The molecule has 106 valence electrons. The van der Waals surface area contributed by atoms with Crippen LogP contribution in [0.5, 0.6) is 0 Å². The van der Waals surface area contributed by atoms with Crippen LogP contribution in [0, 0.1) is 6.92 Å². The number of benzene rings is 1. The van der Waals surface area contributed by atoms with E-state index in [1.54, 1.807) is 0 Å². The molecule has 1 aliphatic heterocycles. The van der Waals surface area contributed by atoms with Gasteiger partial charge in [0.15, 0.2) is 0 Å². The zero-order chi connectivity index (χ0) is 13.9. The molecule has 0 spiro atoms. The lowest BCUT2D eigenvalue weighted by molar-refractivity contribution is 0.0794. The average Bonchev–Trinajstić information content (AvgIpc) is 2.39. The molecule has 1 fully saturated rings. The van der Waals surface area contributed by atoms with Crippen LogP contribution in [0.4, 0.5) is 0 Å². The molecular formula is C17H27NO. The van der Waals surface area contributed by atoms with Crippen LogP contribution in [0.25, 0.3) is 0 Å². The Hall–Kier alpha value is -0.860. The van der Waals surface area contributed by atoms with E-state index in [1.165, 1.54) is 17.5 Å². The fraction of sp³-hybridized carbons (Fsp3) is 0.647. The van der Waals surface area contributed by atoms with Crippen LogP contribution < -0.4 is 0 Å². The van der Waals surface area contributed by atoms with Gasteiger partial charge in [0, 0.05) is 13.1 Å². The first kappa shape index (κ1) is 14.5. The third-order valence-electron chi connectivity index (χ3n) is 4.44. The molecule has 1 heterocycles. The normalized spacial score (nSPS) is 18.7. The van der Waals surface area contributed by atoms with Crippen molar-refractivity contribution in [2.45, 2.75) is 51.6 Å². The molecule has 1 N–H and O–H groups in total. The van der Waals surface area contributed by atoms with Crippen LogP contribution in [0.3, 0.4) is 0 Å². The molecule has 19 heavy (non-hydrogen) atoms. The largest absolute Gasteiger partial charge is 0.393 e. The quantitative estimate of drug-likeness (QED) is 0.900. The van der Waals surface area contributed by atoms with Crippen LogP contribution in [-0.2, 0) is 5.41 Å². The molecule has 0 amide bonds. The lowest BCUT2D eigenvalue weighted by Gasteiger charge is -2.33. The monoisotopic (exact) mass is 261 g/mol. The second kappa shape index (κ2) is 6.06. The summed E-state index contributed by atoms with van der Waals surface area (Å²) in [6, 6.07) is 8.92. The van der Waals surface area contributed by atoms with Crippen LogP contribution in [0.15, 0.2) is 24.3 Å². The molecule has 0 bridgehead atoms. The molecule has 0 unspecified atom stereocenters. The third-order valence-corrected chi connectivity index (χ3v) is 4.44. The SMILES string of the molecule is Cc1ccc(C(C)(C)CCN2CCC(O)CC2)cc1. The Morgan fingerprint density at radius 1 is 1.16 bits per heavy atom. The highest BCUT2D eigenvalue weighted by molar-refractivity contribution is 5.27. The second-order valence-electron chi connectivity index (χ2n) is 6.57. The summed E-state index contributed by atoms with van der Waals surface area (Å²) in [6.07, 6.45) is 2.98. The van der Waals surface area contributed by atoms with Gasteiger partial charge in [0.25, 0.3) is 0 Å².